The average Bonchev–Trinajstić information content (AvgIpc) is 2.29. The van der Waals surface area contributed by atoms with Crippen LogP contribution in [-0.4, -0.2) is 55.1 Å². The van der Waals surface area contributed by atoms with E-state index in [1.807, 2.05) is 0 Å². The second-order valence-corrected chi connectivity index (χ2v) is 3.67. The summed E-state index contributed by atoms with van der Waals surface area (Å²) < 4.78 is 4.57. The van der Waals surface area contributed by atoms with Crippen LogP contribution in [0, 0.1) is 0 Å². The van der Waals surface area contributed by atoms with Crippen molar-refractivity contribution in [2.24, 2.45) is 0 Å². The first kappa shape index (κ1) is 14.7. The summed E-state index contributed by atoms with van der Waals surface area (Å²) in [6, 6.07) is 0. The monoisotopic (exact) mass is 230 g/mol. The highest BCUT2D eigenvalue weighted by molar-refractivity contribution is 5.74. The Bertz CT molecular complexity index is 223. The van der Waals surface area contributed by atoms with Crippen molar-refractivity contribution >= 4 is 12.0 Å². The van der Waals surface area contributed by atoms with Crippen molar-refractivity contribution in [2.45, 2.75) is 27.2 Å². The third kappa shape index (κ3) is 5.00. The lowest BCUT2D eigenvalue weighted by molar-refractivity contribution is -0.130. The molecule has 2 amide bonds. The highest BCUT2D eigenvalue weighted by Gasteiger charge is 2.22. The quantitative estimate of drug-likeness (QED) is 0.631. The fourth-order valence-electron chi connectivity index (χ4n) is 1.33. The molecular formula is C11H22N2O3. The predicted molar refractivity (Wildman–Crippen MR) is 62.2 cm³/mol. The molecular weight excluding hydrogens is 208 g/mol. The summed E-state index contributed by atoms with van der Waals surface area (Å²) in [6.07, 6.45) is 0.934. The standard InChI is InChI=1S/C8H14N2O3.C3H8/c1-7(11)9-3-5-10(6-4-9)8(12)13-2;1-3-2/h3-6H2,1-2H3;3H2,1-2H3. The molecule has 1 rings (SSSR count). The number of ether oxygens (including phenoxy) is 1. The Morgan fingerprint density at radius 3 is 1.75 bits per heavy atom. The normalized spacial score (nSPS) is 15.0. The Morgan fingerprint density at radius 2 is 1.44 bits per heavy atom. The van der Waals surface area contributed by atoms with Gasteiger partial charge in [-0.05, 0) is 0 Å². The van der Waals surface area contributed by atoms with Crippen LogP contribution in [0.3, 0.4) is 0 Å². The van der Waals surface area contributed by atoms with E-state index in [1.165, 1.54) is 20.5 Å². The number of carbonyl (C=O) groups is 2. The molecule has 0 aromatic heterocycles. The molecule has 0 aromatic rings. The molecule has 16 heavy (non-hydrogen) atoms. The van der Waals surface area contributed by atoms with E-state index in [2.05, 4.69) is 18.6 Å². The molecule has 5 nitrogen and oxygen atoms in total. The molecule has 5 heteroatoms. The van der Waals surface area contributed by atoms with Crippen LogP contribution in [0.25, 0.3) is 0 Å². The van der Waals surface area contributed by atoms with Crippen molar-refractivity contribution in [3.63, 3.8) is 0 Å². The van der Waals surface area contributed by atoms with Gasteiger partial charge in [-0.1, -0.05) is 20.3 Å². The lowest BCUT2D eigenvalue weighted by atomic mass is 10.3. The Balaban J connectivity index is 0.000000673. The largest absolute Gasteiger partial charge is 0.453 e. The third-order valence-electron chi connectivity index (χ3n) is 2.16. The first-order valence-electron chi connectivity index (χ1n) is 5.65. The molecule has 0 aliphatic carbocycles. The number of rotatable bonds is 0. The number of piperazine rings is 1. The third-order valence-corrected chi connectivity index (χ3v) is 2.16. The van der Waals surface area contributed by atoms with Gasteiger partial charge in [-0.2, -0.15) is 0 Å². The Hall–Kier alpha value is -1.26. The van der Waals surface area contributed by atoms with Crippen LogP contribution in [0.15, 0.2) is 0 Å². The van der Waals surface area contributed by atoms with Crippen LogP contribution >= 0.6 is 0 Å². The van der Waals surface area contributed by atoms with E-state index in [-0.39, 0.29) is 12.0 Å². The summed E-state index contributed by atoms with van der Waals surface area (Å²) in [4.78, 5) is 25.3. The summed E-state index contributed by atoms with van der Waals surface area (Å²) in [5.74, 6) is 0.0597. The average molecular weight is 230 g/mol. The summed E-state index contributed by atoms with van der Waals surface area (Å²) in [7, 11) is 1.36. The van der Waals surface area contributed by atoms with Crippen LogP contribution in [0.1, 0.15) is 27.2 Å². The summed E-state index contributed by atoms with van der Waals surface area (Å²) in [5, 5.41) is 0. The van der Waals surface area contributed by atoms with Crippen LogP contribution < -0.4 is 0 Å². The molecule has 0 atom stereocenters. The van der Waals surface area contributed by atoms with Crippen molar-refractivity contribution in [1.82, 2.24) is 9.80 Å². The smallest absolute Gasteiger partial charge is 0.409 e. The Labute approximate surface area is 97.3 Å². The topological polar surface area (TPSA) is 49.9 Å². The number of hydrogen-bond acceptors (Lipinski definition) is 3. The Morgan fingerprint density at radius 1 is 1.06 bits per heavy atom. The minimum absolute atomic E-state index is 0.0597. The molecule has 0 radical (unpaired) electrons. The predicted octanol–water partition coefficient (Wildman–Crippen LogP) is 1.33. The van der Waals surface area contributed by atoms with Crippen LogP contribution in [-0.2, 0) is 9.53 Å². The lowest BCUT2D eigenvalue weighted by Gasteiger charge is -2.33. The van der Waals surface area contributed by atoms with Gasteiger partial charge in [0.1, 0.15) is 0 Å². The van der Waals surface area contributed by atoms with Crippen molar-refractivity contribution in [3.05, 3.63) is 0 Å². The molecule has 1 aliphatic heterocycles. The number of carbonyl (C=O) groups excluding carboxylic acids is 2. The second kappa shape index (κ2) is 7.96. The highest BCUT2D eigenvalue weighted by Crippen LogP contribution is 2.02. The van der Waals surface area contributed by atoms with E-state index in [0.717, 1.165) is 0 Å². The van der Waals surface area contributed by atoms with E-state index in [0.29, 0.717) is 26.2 Å². The van der Waals surface area contributed by atoms with Crippen LogP contribution in [0.4, 0.5) is 4.79 Å². The molecule has 0 bridgehead atoms. The summed E-state index contributed by atoms with van der Waals surface area (Å²) >= 11 is 0. The van der Waals surface area contributed by atoms with Crippen molar-refractivity contribution in [1.29, 1.82) is 0 Å². The lowest BCUT2D eigenvalue weighted by Crippen LogP contribution is -2.50. The zero-order chi connectivity index (χ0) is 12.6. The van der Waals surface area contributed by atoms with Gasteiger partial charge in [0, 0.05) is 33.1 Å². The Kier molecular flexibility index (Phi) is 7.33. The summed E-state index contributed by atoms with van der Waals surface area (Å²) in [5.41, 5.74) is 0. The van der Waals surface area contributed by atoms with Crippen molar-refractivity contribution in [3.8, 4) is 0 Å². The molecule has 0 N–H and O–H groups in total. The fourth-order valence-corrected chi connectivity index (χ4v) is 1.33. The van der Waals surface area contributed by atoms with E-state index >= 15 is 0 Å². The van der Waals surface area contributed by atoms with Gasteiger partial charge < -0.3 is 14.5 Å². The number of amides is 2. The first-order chi connectivity index (χ1) is 7.56. The zero-order valence-corrected chi connectivity index (χ0v) is 10.7. The molecule has 0 spiro atoms. The van der Waals surface area contributed by atoms with Gasteiger partial charge in [0.15, 0.2) is 0 Å². The maximum atomic E-state index is 11.0. The maximum Gasteiger partial charge on any atom is 0.409 e. The second-order valence-electron chi connectivity index (χ2n) is 3.67. The molecule has 1 saturated heterocycles. The van der Waals surface area contributed by atoms with Gasteiger partial charge in [0.05, 0.1) is 7.11 Å². The van der Waals surface area contributed by atoms with Crippen LogP contribution in [0.5, 0.6) is 0 Å². The SMILES string of the molecule is CCC.COC(=O)N1CCN(C(C)=O)CC1. The number of nitrogens with zero attached hydrogens (tertiary/aromatic N) is 2. The van der Waals surface area contributed by atoms with Crippen molar-refractivity contribution < 1.29 is 14.3 Å². The van der Waals surface area contributed by atoms with Gasteiger partial charge in [0.2, 0.25) is 5.91 Å². The van der Waals surface area contributed by atoms with Crippen molar-refractivity contribution in [2.75, 3.05) is 33.3 Å². The first-order valence-corrected chi connectivity index (χ1v) is 5.65. The molecule has 0 saturated carbocycles. The molecule has 0 aromatic carbocycles. The van der Waals surface area contributed by atoms with Gasteiger partial charge in [0.25, 0.3) is 0 Å². The minimum atomic E-state index is -0.316. The molecule has 94 valence electrons. The molecule has 1 heterocycles. The zero-order valence-electron chi connectivity index (χ0n) is 10.7. The van der Waals surface area contributed by atoms with Gasteiger partial charge in [-0.3, -0.25) is 4.79 Å². The number of hydrogen-bond donors (Lipinski definition) is 0. The molecule has 1 aliphatic rings. The van der Waals surface area contributed by atoms with Gasteiger partial charge in [-0.25, -0.2) is 4.79 Å². The summed E-state index contributed by atoms with van der Waals surface area (Å²) in [6.45, 7) is 8.11. The molecule has 1 fully saturated rings. The number of methoxy groups -OCH3 is 1. The fraction of sp³-hybridized carbons (Fsp3) is 0.818. The highest BCUT2D eigenvalue weighted by atomic mass is 16.5. The minimum Gasteiger partial charge on any atom is -0.453 e. The van der Waals surface area contributed by atoms with E-state index in [4.69, 9.17) is 0 Å². The van der Waals surface area contributed by atoms with Gasteiger partial charge >= 0.3 is 6.09 Å². The van der Waals surface area contributed by atoms with E-state index in [1.54, 1.807) is 9.80 Å². The van der Waals surface area contributed by atoms with Gasteiger partial charge in [-0.15, -0.1) is 0 Å². The van der Waals surface area contributed by atoms with E-state index < -0.39 is 0 Å². The van der Waals surface area contributed by atoms with E-state index in [9.17, 15) is 9.59 Å². The molecule has 0 unspecified atom stereocenters. The maximum absolute atomic E-state index is 11.0. The van der Waals surface area contributed by atoms with Crippen LogP contribution in [0.2, 0.25) is 0 Å².